The second kappa shape index (κ2) is 7.89. The number of hydrogen-bond acceptors (Lipinski definition) is 4. The molecule has 1 aromatic heterocycles. The van der Waals surface area contributed by atoms with Crippen molar-refractivity contribution in [2.45, 2.75) is 19.9 Å². The highest BCUT2D eigenvalue weighted by molar-refractivity contribution is 5.96. The number of amides is 1. The summed E-state index contributed by atoms with van der Waals surface area (Å²) >= 11 is 0. The highest BCUT2D eigenvalue weighted by Crippen LogP contribution is 2.40. The molecule has 1 aliphatic carbocycles. The van der Waals surface area contributed by atoms with E-state index in [4.69, 9.17) is 9.15 Å². The van der Waals surface area contributed by atoms with E-state index in [9.17, 15) is 9.59 Å². The standard InChI is InChI=1S/C23H23NO4/c1-2-27-23(26)19-12-18(19)15-24(14-16-8-4-3-5-9-16)22(25)21-13-17-10-6-7-11-20(17)28-21/h3-11,13,18-19H,2,12,14-15H2,1H3/t18-,19+/m1/s1. The zero-order chi connectivity index (χ0) is 19.5. The third-order valence-corrected chi connectivity index (χ3v) is 5.11. The molecular formula is C23H23NO4. The molecular weight excluding hydrogens is 354 g/mol. The molecule has 0 aliphatic heterocycles. The summed E-state index contributed by atoms with van der Waals surface area (Å²) in [7, 11) is 0. The van der Waals surface area contributed by atoms with Crippen molar-refractivity contribution in [3.8, 4) is 0 Å². The lowest BCUT2D eigenvalue weighted by Gasteiger charge is -2.22. The molecule has 2 aromatic carbocycles. The normalized spacial score (nSPS) is 18.0. The molecule has 4 rings (SSSR count). The first-order chi connectivity index (χ1) is 13.7. The molecule has 3 aromatic rings. The molecule has 0 spiro atoms. The van der Waals surface area contributed by atoms with Crippen LogP contribution >= 0.6 is 0 Å². The first-order valence-electron chi connectivity index (χ1n) is 9.64. The van der Waals surface area contributed by atoms with Gasteiger partial charge in [-0.3, -0.25) is 9.59 Å². The van der Waals surface area contributed by atoms with Gasteiger partial charge in [0.25, 0.3) is 5.91 Å². The van der Waals surface area contributed by atoms with E-state index in [0.717, 1.165) is 17.4 Å². The number of rotatable bonds is 7. The van der Waals surface area contributed by atoms with E-state index < -0.39 is 0 Å². The molecule has 28 heavy (non-hydrogen) atoms. The zero-order valence-corrected chi connectivity index (χ0v) is 15.8. The van der Waals surface area contributed by atoms with Gasteiger partial charge >= 0.3 is 5.97 Å². The van der Waals surface area contributed by atoms with Gasteiger partial charge in [-0.15, -0.1) is 0 Å². The van der Waals surface area contributed by atoms with Crippen molar-refractivity contribution in [3.05, 3.63) is 72.0 Å². The smallest absolute Gasteiger partial charge is 0.309 e. The average molecular weight is 377 g/mol. The number of benzene rings is 2. The first kappa shape index (κ1) is 18.3. The van der Waals surface area contributed by atoms with E-state index in [2.05, 4.69) is 0 Å². The van der Waals surface area contributed by atoms with Gasteiger partial charge in [-0.25, -0.2) is 0 Å². The topological polar surface area (TPSA) is 59.8 Å². The molecule has 0 saturated heterocycles. The van der Waals surface area contributed by atoms with Gasteiger partial charge in [0.05, 0.1) is 12.5 Å². The molecule has 1 aliphatic rings. The van der Waals surface area contributed by atoms with Crippen LogP contribution in [-0.4, -0.2) is 29.9 Å². The number of esters is 1. The first-order valence-corrected chi connectivity index (χ1v) is 9.64. The zero-order valence-electron chi connectivity index (χ0n) is 15.8. The molecule has 0 unspecified atom stereocenters. The minimum absolute atomic E-state index is 0.110. The lowest BCUT2D eigenvalue weighted by Crippen LogP contribution is -2.33. The number of carbonyl (C=O) groups is 2. The van der Waals surface area contributed by atoms with Crippen LogP contribution in [0, 0.1) is 11.8 Å². The number of hydrogen-bond donors (Lipinski definition) is 0. The summed E-state index contributed by atoms with van der Waals surface area (Å²) in [5, 5.41) is 0.904. The summed E-state index contributed by atoms with van der Waals surface area (Å²) in [4.78, 5) is 26.9. The maximum absolute atomic E-state index is 13.2. The summed E-state index contributed by atoms with van der Waals surface area (Å²) in [6, 6.07) is 19.2. The van der Waals surface area contributed by atoms with E-state index in [-0.39, 0.29) is 23.7 Å². The van der Waals surface area contributed by atoms with Gasteiger partial charge in [0, 0.05) is 18.5 Å². The van der Waals surface area contributed by atoms with Crippen LogP contribution in [-0.2, 0) is 16.1 Å². The van der Waals surface area contributed by atoms with Crippen LogP contribution < -0.4 is 0 Å². The summed E-state index contributed by atoms with van der Waals surface area (Å²) in [6.45, 7) is 3.17. The lowest BCUT2D eigenvalue weighted by atomic mass is 10.2. The molecule has 5 nitrogen and oxygen atoms in total. The molecule has 144 valence electrons. The Morgan fingerprint density at radius 3 is 2.61 bits per heavy atom. The van der Waals surface area contributed by atoms with Gasteiger partial charge in [-0.1, -0.05) is 48.5 Å². The van der Waals surface area contributed by atoms with Crippen molar-refractivity contribution < 1.29 is 18.7 Å². The average Bonchev–Trinajstić information content (AvgIpc) is 3.35. The Morgan fingerprint density at radius 2 is 1.86 bits per heavy atom. The molecule has 1 amide bonds. The summed E-state index contributed by atoms with van der Waals surface area (Å²) in [5.41, 5.74) is 1.74. The lowest BCUT2D eigenvalue weighted by molar-refractivity contribution is -0.145. The maximum Gasteiger partial charge on any atom is 0.309 e. The molecule has 0 N–H and O–H groups in total. The minimum Gasteiger partial charge on any atom is -0.466 e. The van der Waals surface area contributed by atoms with E-state index in [1.807, 2.05) is 61.5 Å². The minimum atomic E-state index is -0.164. The number of ether oxygens (including phenoxy) is 1. The van der Waals surface area contributed by atoms with E-state index >= 15 is 0 Å². The van der Waals surface area contributed by atoms with Crippen molar-refractivity contribution in [1.29, 1.82) is 0 Å². The third kappa shape index (κ3) is 3.93. The largest absolute Gasteiger partial charge is 0.466 e. The van der Waals surface area contributed by atoms with Crippen molar-refractivity contribution in [2.75, 3.05) is 13.2 Å². The fourth-order valence-electron chi connectivity index (χ4n) is 3.54. The number of para-hydroxylation sites is 1. The van der Waals surface area contributed by atoms with Gasteiger partial charge in [-0.2, -0.15) is 0 Å². The van der Waals surface area contributed by atoms with Crippen LogP contribution in [0.1, 0.15) is 29.5 Å². The number of nitrogens with zero attached hydrogens (tertiary/aromatic N) is 1. The second-order valence-electron chi connectivity index (χ2n) is 7.17. The molecule has 0 radical (unpaired) electrons. The van der Waals surface area contributed by atoms with Crippen LogP contribution in [0.3, 0.4) is 0 Å². The SMILES string of the molecule is CCOC(=O)[C@H]1C[C@@H]1CN(Cc1ccccc1)C(=O)c1cc2ccccc2o1. The Balaban J connectivity index is 1.54. The Labute approximate surface area is 163 Å². The third-order valence-electron chi connectivity index (χ3n) is 5.11. The molecule has 1 saturated carbocycles. The van der Waals surface area contributed by atoms with Gasteiger partial charge < -0.3 is 14.1 Å². The van der Waals surface area contributed by atoms with Gasteiger partial charge in [0.15, 0.2) is 5.76 Å². The van der Waals surface area contributed by atoms with Gasteiger partial charge in [-0.05, 0) is 37.0 Å². The Hall–Kier alpha value is -3.08. The Morgan fingerprint density at radius 1 is 1.11 bits per heavy atom. The van der Waals surface area contributed by atoms with Crippen LogP contribution in [0.15, 0.2) is 65.1 Å². The molecule has 1 fully saturated rings. The molecule has 1 heterocycles. The highest BCUT2D eigenvalue weighted by Gasteiger charge is 2.45. The van der Waals surface area contributed by atoms with Crippen molar-refractivity contribution in [3.63, 3.8) is 0 Å². The van der Waals surface area contributed by atoms with Crippen molar-refractivity contribution in [1.82, 2.24) is 4.90 Å². The van der Waals surface area contributed by atoms with Crippen LogP contribution in [0.5, 0.6) is 0 Å². The number of carbonyl (C=O) groups excluding carboxylic acids is 2. The number of fused-ring (bicyclic) bond motifs is 1. The summed E-state index contributed by atoms with van der Waals surface area (Å²) in [5.74, 6) is 0.0289. The molecule has 5 heteroatoms. The quantitative estimate of drug-likeness (QED) is 0.577. The Bertz CT molecular complexity index is 945. The summed E-state index contributed by atoms with van der Waals surface area (Å²) < 4.78 is 10.9. The molecule has 2 atom stereocenters. The highest BCUT2D eigenvalue weighted by atomic mass is 16.5. The van der Waals surface area contributed by atoms with Gasteiger partial charge in [0.2, 0.25) is 0 Å². The predicted molar refractivity (Wildman–Crippen MR) is 106 cm³/mol. The predicted octanol–water partition coefficient (Wildman–Crippen LogP) is 4.27. The second-order valence-corrected chi connectivity index (χ2v) is 7.17. The van der Waals surface area contributed by atoms with Crippen molar-refractivity contribution in [2.24, 2.45) is 11.8 Å². The summed E-state index contributed by atoms with van der Waals surface area (Å²) in [6.07, 6.45) is 0.761. The van der Waals surface area contributed by atoms with Crippen LogP contribution in [0.2, 0.25) is 0 Å². The van der Waals surface area contributed by atoms with E-state index in [1.54, 1.807) is 11.0 Å². The fraction of sp³-hybridized carbons (Fsp3) is 0.304. The van der Waals surface area contributed by atoms with Crippen LogP contribution in [0.4, 0.5) is 0 Å². The van der Waals surface area contributed by atoms with Crippen molar-refractivity contribution >= 4 is 22.8 Å². The monoisotopic (exact) mass is 377 g/mol. The number of furan rings is 1. The maximum atomic E-state index is 13.2. The fourth-order valence-corrected chi connectivity index (χ4v) is 3.54. The van der Waals surface area contributed by atoms with Crippen LogP contribution in [0.25, 0.3) is 11.0 Å². The van der Waals surface area contributed by atoms with E-state index in [0.29, 0.717) is 31.0 Å². The van der Waals surface area contributed by atoms with E-state index in [1.165, 1.54) is 0 Å². The van der Waals surface area contributed by atoms with Gasteiger partial charge in [0.1, 0.15) is 5.58 Å². The molecule has 0 bridgehead atoms. The Kier molecular flexibility index (Phi) is 5.15.